The summed E-state index contributed by atoms with van der Waals surface area (Å²) in [6.45, 7) is 0.466. The molecule has 0 saturated heterocycles. The number of rotatable bonds is 8. The van der Waals surface area contributed by atoms with Crippen molar-refractivity contribution < 1.29 is 14.3 Å². The molecule has 2 amide bonds. The van der Waals surface area contributed by atoms with E-state index in [1.807, 2.05) is 103 Å². The van der Waals surface area contributed by atoms with E-state index in [1.165, 1.54) is 0 Å². The predicted molar refractivity (Wildman–Crippen MR) is 141 cm³/mol. The maximum atomic E-state index is 13.5. The van der Waals surface area contributed by atoms with Crippen molar-refractivity contribution in [3.63, 3.8) is 0 Å². The highest BCUT2D eigenvalue weighted by Crippen LogP contribution is 2.26. The Morgan fingerprint density at radius 2 is 1.33 bits per heavy atom. The van der Waals surface area contributed by atoms with Crippen LogP contribution in [0.2, 0.25) is 0 Å². The molecule has 4 aromatic carbocycles. The zero-order valence-corrected chi connectivity index (χ0v) is 19.6. The topological polar surface area (TPSA) is 94.3 Å². The number of amides is 2. The first-order valence-corrected chi connectivity index (χ1v) is 11.7. The average Bonchev–Trinajstić information content (AvgIpc) is 2.91. The first-order chi connectivity index (χ1) is 17.6. The number of hydrogen-bond acceptors (Lipinski definition) is 4. The second-order valence-corrected chi connectivity index (χ2v) is 8.57. The average molecular weight is 476 g/mol. The number of nitrogens with zero attached hydrogens (tertiary/aromatic N) is 1. The molecule has 1 heterocycles. The van der Waals surface area contributed by atoms with Crippen LogP contribution in [0, 0.1) is 0 Å². The number of nitrogens with two attached hydrogens (primary N) is 1. The van der Waals surface area contributed by atoms with Gasteiger partial charge in [0.1, 0.15) is 18.4 Å². The zero-order chi connectivity index (χ0) is 24.9. The number of fused-ring (bicyclic) bond motifs is 2. The summed E-state index contributed by atoms with van der Waals surface area (Å²) in [5.74, 6) is -0.246. The number of pyridine rings is 1. The van der Waals surface area contributed by atoms with Crippen LogP contribution in [0.5, 0.6) is 5.75 Å². The normalized spacial score (nSPS) is 11.8. The summed E-state index contributed by atoms with van der Waals surface area (Å²) in [6, 6.07) is 31.4. The van der Waals surface area contributed by atoms with Crippen LogP contribution in [0.25, 0.3) is 21.8 Å². The molecule has 0 radical (unpaired) electrons. The zero-order valence-electron chi connectivity index (χ0n) is 19.6. The minimum absolute atomic E-state index is 0.265. The number of aromatic nitrogens is 1. The van der Waals surface area contributed by atoms with Gasteiger partial charge in [-0.2, -0.15) is 0 Å². The van der Waals surface area contributed by atoms with Crippen LogP contribution >= 0.6 is 0 Å². The molecule has 3 N–H and O–H groups in total. The summed E-state index contributed by atoms with van der Waals surface area (Å²) < 4.78 is 5.84. The third-order valence-electron chi connectivity index (χ3n) is 6.08. The highest BCUT2D eigenvalue weighted by Gasteiger charge is 2.23. The molecule has 0 unspecified atom stereocenters. The van der Waals surface area contributed by atoms with Crippen molar-refractivity contribution in [2.24, 2.45) is 5.73 Å². The molecule has 0 aliphatic carbocycles. The number of ether oxygens (including phenoxy) is 1. The van der Waals surface area contributed by atoms with Gasteiger partial charge < -0.3 is 15.8 Å². The first-order valence-electron chi connectivity index (χ1n) is 11.7. The third-order valence-corrected chi connectivity index (χ3v) is 6.08. The van der Waals surface area contributed by atoms with Gasteiger partial charge in [0.15, 0.2) is 0 Å². The fraction of sp³-hybridized carbons (Fsp3) is 0.100. The Morgan fingerprint density at radius 3 is 1.94 bits per heavy atom. The van der Waals surface area contributed by atoms with Gasteiger partial charge in [0.2, 0.25) is 5.91 Å². The predicted octanol–water partition coefficient (Wildman–Crippen LogP) is 4.79. The lowest BCUT2D eigenvalue weighted by Gasteiger charge is -2.18. The number of hydrogen-bond donors (Lipinski definition) is 2. The second kappa shape index (κ2) is 10.3. The molecule has 36 heavy (non-hydrogen) atoms. The highest BCUT2D eigenvalue weighted by molar-refractivity contribution is 6.16. The van der Waals surface area contributed by atoms with Crippen LogP contribution in [0.1, 0.15) is 21.5 Å². The van der Waals surface area contributed by atoms with E-state index < -0.39 is 11.9 Å². The summed E-state index contributed by atoms with van der Waals surface area (Å²) in [7, 11) is 0. The van der Waals surface area contributed by atoms with Gasteiger partial charge in [-0.25, -0.2) is 4.98 Å². The molecule has 5 rings (SSSR count). The Bertz CT molecular complexity index is 1480. The van der Waals surface area contributed by atoms with Crippen LogP contribution < -0.4 is 15.8 Å². The fourth-order valence-electron chi connectivity index (χ4n) is 4.24. The lowest BCUT2D eigenvalue weighted by molar-refractivity contribution is -0.119. The molecule has 0 saturated carbocycles. The van der Waals surface area contributed by atoms with Crippen molar-refractivity contribution in [3.8, 4) is 5.75 Å². The van der Waals surface area contributed by atoms with Gasteiger partial charge in [-0.15, -0.1) is 0 Å². The van der Waals surface area contributed by atoms with E-state index >= 15 is 0 Å². The van der Waals surface area contributed by atoms with E-state index in [4.69, 9.17) is 10.5 Å². The van der Waals surface area contributed by atoms with E-state index in [-0.39, 0.29) is 12.3 Å². The van der Waals surface area contributed by atoms with Crippen molar-refractivity contribution in [1.82, 2.24) is 10.3 Å². The minimum atomic E-state index is -0.876. The summed E-state index contributed by atoms with van der Waals surface area (Å²) in [6.07, 6.45) is 0.265. The molecular formula is C30H25N3O3. The van der Waals surface area contributed by atoms with Crippen molar-refractivity contribution in [1.29, 1.82) is 0 Å². The number of nitrogens with one attached hydrogen (secondary N) is 1. The number of carbonyl (C=O) groups is 2. The standard InChI is InChI=1S/C30H25N3O3/c31-29(34)27(18-20-14-16-22(17-15-20)36-19-21-8-2-1-3-9-21)33-30(35)28-23-10-4-6-12-25(23)32-26-13-7-5-11-24(26)28/h1-17,27H,18-19H2,(H2,31,34)(H,33,35)/t27-/m1/s1. The second-order valence-electron chi connectivity index (χ2n) is 8.57. The molecule has 0 aliphatic heterocycles. The van der Waals surface area contributed by atoms with Crippen molar-refractivity contribution >= 4 is 33.6 Å². The van der Waals surface area contributed by atoms with Gasteiger partial charge in [0.05, 0.1) is 16.6 Å². The Balaban J connectivity index is 1.34. The molecule has 0 bridgehead atoms. The molecule has 0 spiro atoms. The van der Waals surface area contributed by atoms with Crippen molar-refractivity contribution in [2.75, 3.05) is 0 Å². The van der Waals surface area contributed by atoms with Crippen molar-refractivity contribution in [3.05, 3.63) is 120 Å². The quantitative estimate of drug-likeness (QED) is 0.316. The van der Waals surface area contributed by atoms with Crippen LogP contribution in [0.3, 0.4) is 0 Å². The van der Waals surface area contributed by atoms with E-state index in [0.717, 1.165) is 27.6 Å². The Morgan fingerprint density at radius 1 is 0.750 bits per heavy atom. The molecule has 0 aliphatic rings. The van der Waals surface area contributed by atoms with E-state index in [2.05, 4.69) is 10.3 Å². The maximum Gasteiger partial charge on any atom is 0.253 e. The fourth-order valence-corrected chi connectivity index (χ4v) is 4.24. The van der Waals surface area contributed by atoms with Gasteiger partial charge in [0, 0.05) is 17.2 Å². The molecule has 0 fully saturated rings. The molecule has 6 nitrogen and oxygen atoms in total. The Hall–Kier alpha value is -4.71. The monoisotopic (exact) mass is 475 g/mol. The lowest BCUT2D eigenvalue weighted by Crippen LogP contribution is -2.46. The summed E-state index contributed by atoms with van der Waals surface area (Å²) in [4.78, 5) is 30.4. The SMILES string of the molecule is NC(=O)[C@@H](Cc1ccc(OCc2ccccc2)cc1)NC(=O)c1c2ccccc2nc2ccccc12. The number of primary amides is 1. The van der Waals surface area contributed by atoms with Gasteiger partial charge >= 0.3 is 0 Å². The molecule has 5 aromatic rings. The summed E-state index contributed by atoms with van der Waals surface area (Å²) in [5, 5.41) is 4.29. The van der Waals surface area contributed by atoms with Gasteiger partial charge in [-0.3, -0.25) is 9.59 Å². The van der Waals surface area contributed by atoms with Crippen LogP contribution in [-0.4, -0.2) is 22.8 Å². The minimum Gasteiger partial charge on any atom is -0.489 e. The third kappa shape index (κ3) is 5.03. The first kappa shape index (κ1) is 23.1. The molecule has 1 aromatic heterocycles. The molecule has 6 heteroatoms. The van der Waals surface area contributed by atoms with E-state index in [1.54, 1.807) is 0 Å². The maximum absolute atomic E-state index is 13.5. The van der Waals surface area contributed by atoms with E-state index in [0.29, 0.717) is 23.2 Å². The van der Waals surface area contributed by atoms with Crippen LogP contribution in [0.4, 0.5) is 0 Å². The Kier molecular flexibility index (Phi) is 6.58. The van der Waals surface area contributed by atoms with Gasteiger partial charge in [0.25, 0.3) is 5.91 Å². The molecule has 178 valence electrons. The van der Waals surface area contributed by atoms with E-state index in [9.17, 15) is 9.59 Å². The van der Waals surface area contributed by atoms with Crippen LogP contribution in [0.15, 0.2) is 103 Å². The number of benzene rings is 4. The lowest BCUT2D eigenvalue weighted by atomic mass is 10.0. The van der Waals surface area contributed by atoms with Gasteiger partial charge in [-0.05, 0) is 35.4 Å². The largest absolute Gasteiger partial charge is 0.489 e. The summed E-state index contributed by atoms with van der Waals surface area (Å²) >= 11 is 0. The number of para-hydroxylation sites is 2. The Labute approximate surface area is 208 Å². The highest BCUT2D eigenvalue weighted by atomic mass is 16.5. The number of carbonyl (C=O) groups excluding carboxylic acids is 2. The summed E-state index contributed by atoms with van der Waals surface area (Å²) in [5.41, 5.74) is 9.52. The van der Waals surface area contributed by atoms with Crippen LogP contribution in [-0.2, 0) is 17.8 Å². The van der Waals surface area contributed by atoms with Gasteiger partial charge in [-0.1, -0.05) is 78.9 Å². The van der Waals surface area contributed by atoms with Crippen molar-refractivity contribution in [2.45, 2.75) is 19.1 Å². The molecule has 1 atom stereocenters. The smallest absolute Gasteiger partial charge is 0.253 e. The molecular weight excluding hydrogens is 450 g/mol.